The molecule has 10 nitrogen and oxygen atoms in total. The molecule has 0 bridgehead atoms. The summed E-state index contributed by atoms with van der Waals surface area (Å²) < 4.78 is 3.61. The maximum Gasteiger partial charge on any atom is 0.258 e. The van der Waals surface area contributed by atoms with Gasteiger partial charge in [-0.2, -0.15) is 0 Å². The van der Waals surface area contributed by atoms with Crippen molar-refractivity contribution >= 4 is 17.4 Å². The summed E-state index contributed by atoms with van der Waals surface area (Å²) in [5.41, 5.74) is 8.44. The number of nitrogen functional groups attached to an aromatic ring is 1. The lowest BCUT2D eigenvalue weighted by atomic mass is 10.1. The molecule has 1 amide bonds. The number of aromatic hydroxyl groups is 1. The number of nitrogens with one attached hydrogen (secondary N) is 1. The smallest absolute Gasteiger partial charge is 0.258 e. The lowest BCUT2D eigenvalue weighted by Gasteiger charge is -2.13. The first-order chi connectivity index (χ1) is 15.9. The van der Waals surface area contributed by atoms with E-state index in [0.717, 1.165) is 18.5 Å². The summed E-state index contributed by atoms with van der Waals surface area (Å²) in [4.78, 5) is 22.0. The number of phenolic OH excluding ortho intramolecular Hbond substituents is 1. The molecule has 10 heteroatoms. The van der Waals surface area contributed by atoms with Crippen LogP contribution in [0.4, 0.5) is 11.5 Å². The van der Waals surface area contributed by atoms with Crippen LogP contribution in [0, 0.1) is 0 Å². The quantitative estimate of drug-likeness (QED) is 0.387. The fourth-order valence-corrected chi connectivity index (χ4v) is 3.67. The summed E-state index contributed by atoms with van der Waals surface area (Å²) in [6.45, 7) is 4.05. The molecular formula is C23H24N8O2. The van der Waals surface area contributed by atoms with Crippen molar-refractivity contribution in [2.24, 2.45) is 0 Å². The summed E-state index contributed by atoms with van der Waals surface area (Å²) in [5.74, 6) is 0.968. The van der Waals surface area contributed by atoms with Crippen molar-refractivity contribution in [3.63, 3.8) is 0 Å². The lowest BCUT2D eigenvalue weighted by molar-refractivity contribution is 0.102. The van der Waals surface area contributed by atoms with Crippen LogP contribution in [-0.4, -0.2) is 40.3 Å². The van der Waals surface area contributed by atoms with E-state index in [1.54, 1.807) is 35.4 Å². The molecule has 5 rings (SSSR count). The molecule has 0 radical (unpaired) electrons. The number of benzene rings is 1. The first-order valence-corrected chi connectivity index (χ1v) is 10.8. The van der Waals surface area contributed by atoms with Gasteiger partial charge in [0.1, 0.15) is 23.6 Å². The fourth-order valence-electron chi connectivity index (χ4n) is 3.67. The Bertz CT molecular complexity index is 1340. The Kier molecular flexibility index (Phi) is 5.04. The van der Waals surface area contributed by atoms with E-state index in [0.29, 0.717) is 28.9 Å². The Morgan fingerprint density at radius 3 is 2.82 bits per heavy atom. The van der Waals surface area contributed by atoms with Gasteiger partial charge in [-0.25, -0.2) is 9.97 Å². The summed E-state index contributed by atoms with van der Waals surface area (Å²) in [5, 5.41) is 21.3. The molecule has 0 unspecified atom stereocenters. The Labute approximate surface area is 190 Å². The zero-order chi connectivity index (χ0) is 23.1. The largest absolute Gasteiger partial charge is 0.506 e. The molecule has 1 aliphatic rings. The van der Waals surface area contributed by atoms with E-state index in [1.807, 2.05) is 30.7 Å². The second kappa shape index (κ2) is 8.05. The molecule has 0 saturated heterocycles. The van der Waals surface area contributed by atoms with E-state index in [1.165, 1.54) is 6.07 Å². The van der Waals surface area contributed by atoms with Gasteiger partial charge in [0.15, 0.2) is 5.82 Å². The number of nitrogens with two attached hydrogens (primary N) is 1. The molecule has 0 spiro atoms. The van der Waals surface area contributed by atoms with Gasteiger partial charge in [-0.1, -0.05) is 6.07 Å². The second-order valence-electron chi connectivity index (χ2n) is 8.43. The zero-order valence-corrected chi connectivity index (χ0v) is 18.3. The summed E-state index contributed by atoms with van der Waals surface area (Å²) in [7, 11) is 0. The van der Waals surface area contributed by atoms with Crippen LogP contribution in [0.1, 0.15) is 54.7 Å². The van der Waals surface area contributed by atoms with Gasteiger partial charge < -0.3 is 25.3 Å². The van der Waals surface area contributed by atoms with E-state index in [2.05, 4.69) is 25.5 Å². The molecule has 1 aromatic carbocycles. The predicted octanol–water partition coefficient (Wildman–Crippen LogP) is 3.52. The number of imidazole rings is 1. The van der Waals surface area contributed by atoms with Crippen LogP contribution in [0.15, 0.2) is 49.2 Å². The molecule has 4 N–H and O–H groups in total. The maximum absolute atomic E-state index is 13.1. The highest BCUT2D eigenvalue weighted by Gasteiger charge is 2.26. The van der Waals surface area contributed by atoms with Crippen molar-refractivity contribution in [2.75, 3.05) is 11.1 Å². The number of rotatable bonds is 6. The van der Waals surface area contributed by atoms with Crippen LogP contribution < -0.4 is 11.1 Å². The minimum Gasteiger partial charge on any atom is -0.506 e. The Morgan fingerprint density at radius 1 is 1.24 bits per heavy atom. The summed E-state index contributed by atoms with van der Waals surface area (Å²) in [6.07, 6.45) is 7.41. The molecule has 1 aliphatic carbocycles. The number of anilines is 2. The van der Waals surface area contributed by atoms with Gasteiger partial charge in [0.05, 0.1) is 23.3 Å². The predicted molar refractivity (Wildman–Crippen MR) is 123 cm³/mol. The Morgan fingerprint density at radius 2 is 2.06 bits per heavy atom. The number of pyridine rings is 1. The van der Waals surface area contributed by atoms with Crippen molar-refractivity contribution in [2.45, 2.75) is 38.6 Å². The summed E-state index contributed by atoms with van der Waals surface area (Å²) >= 11 is 0. The summed E-state index contributed by atoms with van der Waals surface area (Å²) in [6, 6.07) is 8.37. The van der Waals surface area contributed by atoms with Gasteiger partial charge in [-0.15, -0.1) is 10.2 Å². The topological polar surface area (TPSA) is 137 Å². The van der Waals surface area contributed by atoms with E-state index >= 15 is 0 Å². The Hall–Kier alpha value is -4.21. The van der Waals surface area contributed by atoms with Crippen molar-refractivity contribution in [3.8, 4) is 23.0 Å². The molecule has 33 heavy (non-hydrogen) atoms. The number of phenols is 1. The van der Waals surface area contributed by atoms with Crippen LogP contribution >= 0.6 is 0 Å². The van der Waals surface area contributed by atoms with E-state index in [-0.39, 0.29) is 23.0 Å². The van der Waals surface area contributed by atoms with Crippen molar-refractivity contribution < 1.29 is 9.90 Å². The highest BCUT2D eigenvalue weighted by atomic mass is 16.3. The molecule has 3 aromatic heterocycles. The molecule has 1 fully saturated rings. The van der Waals surface area contributed by atoms with Crippen LogP contribution in [0.5, 0.6) is 5.75 Å². The van der Waals surface area contributed by atoms with E-state index in [9.17, 15) is 9.90 Å². The van der Waals surface area contributed by atoms with Gasteiger partial charge >= 0.3 is 0 Å². The third kappa shape index (κ3) is 4.02. The normalized spacial score (nSPS) is 13.4. The average molecular weight is 444 g/mol. The first-order valence-electron chi connectivity index (χ1n) is 10.8. The van der Waals surface area contributed by atoms with Crippen molar-refractivity contribution in [1.29, 1.82) is 0 Å². The minimum absolute atomic E-state index is 0.0306. The van der Waals surface area contributed by atoms with E-state index < -0.39 is 5.91 Å². The molecular weight excluding hydrogens is 420 g/mol. The van der Waals surface area contributed by atoms with Gasteiger partial charge in [-0.05, 0) is 44.9 Å². The average Bonchev–Trinajstić information content (AvgIpc) is 3.31. The van der Waals surface area contributed by atoms with Crippen molar-refractivity contribution in [3.05, 3.63) is 60.4 Å². The number of hydrogen-bond acceptors (Lipinski definition) is 7. The SMILES string of the molecule is CC(C)n1cnnc1-c1cccc(NC(=O)c2cc(-n3cnc(C4CC4)c3)c(O)cc2N)n1. The number of hydrogen-bond donors (Lipinski definition) is 3. The minimum atomic E-state index is -0.439. The molecule has 0 aliphatic heterocycles. The number of aromatic nitrogens is 6. The van der Waals surface area contributed by atoms with Crippen LogP contribution in [0.25, 0.3) is 17.2 Å². The maximum atomic E-state index is 13.1. The number of carbonyl (C=O) groups excluding carboxylic acids is 1. The number of nitrogens with zero attached hydrogens (tertiary/aromatic N) is 6. The number of carbonyl (C=O) groups is 1. The Balaban J connectivity index is 1.42. The first kappa shape index (κ1) is 20.7. The lowest BCUT2D eigenvalue weighted by Crippen LogP contribution is -2.16. The highest BCUT2D eigenvalue weighted by molar-refractivity contribution is 6.08. The van der Waals surface area contributed by atoms with Crippen molar-refractivity contribution in [1.82, 2.24) is 29.3 Å². The molecule has 3 heterocycles. The standard InChI is InChI=1S/C23H24N8O2/c1-13(2)31-12-26-29-22(31)17-4-3-5-21(27-17)28-23(33)15-8-19(20(32)9-16(15)24)30-10-18(25-11-30)14-6-7-14/h3-5,8-14,32H,6-7,24H2,1-2H3,(H,27,28,33). The van der Waals surface area contributed by atoms with Gasteiger partial charge in [-0.3, -0.25) is 4.79 Å². The molecule has 1 saturated carbocycles. The molecule has 4 aromatic rings. The third-order valence-electron chi connectivity index (χ3n) is 5.62. The van der Waals surface area contributed by atoms with Gasteiger partial charge in [0.25, 0.3) is 5.91 Å². The second-order valence-corrected chi connectivity index (χ2v) is 8.43. The monoisotopic (exact) mass is 444 g/mol. The molecule has 168 valence electrons. The molecule has 0 atom stereocenters. The third-order valence-corrected chi connectivity index (χ3v) is 5.62. The zero-order valence-electron chi connectivity index (χ0n) is 18.3. The van der Waals surface area contributed by atoms with Crippen LogP contribution in [-0.2, 0) is 0 Å². The fraction of sp³-hybridized carbons (Fsp3) is 0.261. The van der Waals surface area contributed by atoms with Crippen LogP contribution in [0.3, 0.4) is 0 Å². The van der Waals surface area contributed by atoms with Gasteiger partial charge in [0, 0.05) is 29.9 Å². The van der Waals surface area contributed by atoms with E-state index in [4.69, 9.17) is 5.73 Å². The highest BCUT2D eigenvalue weighted by Crippen LogP contribution is 2.39. The van der Waals surface area contributed by atoms with Crippen LogP contribution in [0.2, 0.25) is 0 Å². The van der Waals surface area contributed by atoms with Gasteiger partial charge in [0.2, 0.25) is 0 Å². The number of amides is 1.